The van der Waals surface area contributed by atoms with Crippen LogP contribution in [0.25, 0.3) is 0 Å². The number of nitrogens with one attached hydrogen (secondary N) is 1. The predicted octanol–water partition coefficient (Wildman–Crippen LogP) is -2.27. The summed E-state index contributed by atoms with van der Waals surface area (Å²) in [6.45, 7) is 0. The van der Waals surface area contributed by atoms with Gasteiger partial charge in [0.2, 0.25) is 0 Å². The fourth-order valence-electron chi connectivity index (χ4n) is 0.947. The molecule has 18 heavy (non-hydrogen) atoms. The Balaban J connectivity index is 3.88. The summed E-state index contributed by atoms with van der Waals surface area (Å²) in [7, 11) is 0. The minimum absolute atomic E-state index is 0.114. The first kappa shape index (κ1) is 17.6. The van der Waals surface area contributed by atoms with E-state index in [2.05, 4.69) is 21.3 Å². The van der Waals surface area contributed by atoms with E-state index in [0.29, 0.717) is 5.32 Å². The zero-order valence-corrected chi connectivity index (χ0v) is 13.1. The Morgan fingerprint density at radius 1 is 1.33 bits per heavy atom. The molecule has 5 N–H and O–H groups in total. The first-order valence-electron chi connectivity index (χ1n) is 5.09. The summed E-state index contributed by atoms with van der Waals surface area (Å²) in [5.41, 5.74) is 5.81. The van der Waals surface area contributed by atoms with E-state index in [1.54, 1.807) is 0 Å². The van der Waals surface area contributed by atoms with Crippen LogP contribution in [0.1, 0.15) is 12.8 Å². The Morgan fingerprint density at radius 3 is 2.39 bits per heavy atom. The van der Waals surface area contributed by atoms with Gasteiger partial charge >= 0.3 is 119 Å². The maximum absolute atomic E-state index is 11.5. The van der Waals surface area contributed by atoms with Gasteiger partial charge in [0.15, 0.2) is 0 Å². The Kier molecular flexibility index (Phi) is 9.27. The average molecular weight is 390 g/mol. The molecule has 0 saturated heterocycles. The fraction of sp³-hybridized carbons (Fsp3) is 0.667. The first-order valence-corrected chi connectivity index (χ1v) is 8.49. The molecule has 0 rings (SSSR count). The van der Waals surface area contributed by atoms with E-state index in [-0.39, 0.29) is 23.0 Å². The van der Waals surface area contributed by atoms with E-state index in [1.165, 1.54) is 0 Å². The van der Waals surface area contributed by atoms with Gasteiger partial charge in [0.1, 0.15) is 0 Å². The van der Waals surface area contributed by atoms with Gasteiger partial charge < -0.3 is 0 Å². The summed E-state index contributed by atoms with van der Waals surface area (Å²) in [4.78, 5) is 32.5. The van der Waals surface area contributed by atoms with Crippen molar-refractivity contribution < 1.29 is 24.6 Å². The molecule has 0 spiro atoms. The molecular weight excluding hydrogens is 374 g/mol. The normalized spacial score (nSPS) is 13.9. The van der Waals surface area contributed by atoms with E-state index in [9.17, 15) is 14.4 Å². The molecule has 0 heterocycles. The number of carbonyl (C=O) groups is 3. The molecule has 0 aliphatic carbocycles. The monoisotopic (exact) mass is 392 g/mol. The zero-order valence-electron chi connectivity index (χ0n) is 9.54. The number of hydrogen-bond acceptors (Lipinski definition) is 5. The summed E-state index contributed by atoms with van der Waals surface area (Å²) in [6, 6.07) is -1.46. The molecule has 0 unspecified atom stereocenters. The van der Waals surface area contributed by atoms with Gasteiger partial charge in [-0.05, 0) is 0 Å². The molecule has 0 amide bonds. The topological polar surface area (TPSA) is 130 Å². The number of hydrogen-bond donors (Lipinski definition) is 4. The fourth-order valence-corrected chi connectivity index (χ4v) is 3.14. The van der Waals surface area contributed by atoms with Crippen molar-refractivity contribution in [1.29, 1.82) is 0 Å². The van der Waals surface area contributed by atoms with Gasteiger partial charge in [-0.1, -0.05) is 0 Å². The third kappa shape index (κ3) is 7.81. The van der Waals surface area contributed by atoms with Crippen LogP contribution in [0.3, 0.4) is 0 Å². The van der Waals surface area contributed by atoms with Crippen molar-refractivity contribution in [1.82, 2.24) is 5.32 Å². The van der Waals surface area contributed by atoms with Crippen LogP contribution in [0.5, 0.6) is 0 Å². The summed E-state index contributed by atoms with van der Waals surface area (Å²) in [5, 5.41) is 20.3. The van der Waals surface area contributed by atoms with Gasteiger partial charge in [0, 0.05) is 0 Å². The summed E-state index contributed by atoms with van der Waals surface area (Å²) >= 11 is 1.69. The van der Waals surface area contributed by atoms with E-state index in [1.807, 2.05) is 0 Å². The third-order valence-electron chi connectivity index (χ3n) is 2.00. The molecule has 2 atom stereocenters. The van der Waals surface area contributed by atoms with E-state index in [0.717, 1.165) is 0 Å². The first-order chi connectivity index (χ1) is 8.38. The minimum atomic E-state index is -0.987. The van der Waals surface area contributed by atoms with Gasteiger partial charge in [-0.3, -0.25) is 0 Å². The van der Waals surface area contributed by atoms with Crippen LogP contribution in [-0.4, -0.2) is 75.3 Å². The molecule has 0 fully saturated rings. The average Bonchev–Trinajstić information content (AvgIpc) is 2.30. The van der Waals surface area contributed by atoms with Crippen molar-refractivity contribution in [2.45, 2.75) is 30.2 Å². The second-order valence-electron chi connectivity index (χ2n) is 3.42. The Bertz CT molecular complexity index is 313. The molecule has 0 radical (unpaired) electrons. The van der Waals surface area contributed by atoms with E-state index in [4.69, 9.17) is 15.9 Å². The van der Waals surface area contributed by atoms with Gasteiger partial charge in [0.25, 0.3) is 0 Å². The quantitative estimate of drug-likeness (QED) is 0.310. The summed E-state index contributed by atoms with van der Waals surface area (Å²) in [5.74, 6) is -1.95. The number of carboxylic acids is 2. The number of carboxylic acid groups (broad SMARTS) is 2. The Labute approximate surface area is 119 Å². The Hall–Kier alpha value is -0.431. The molecule has 0 aliphatic rings. The van der Waals surface area contributed by atoms with Crippen molar-refractivity contribution >= 4 is 47.6 Å². The van der Waals surface area contributed by atoms with Crippen LogP contribution in [-0.2, 0) is 14.4 Å². The third-order valence-corrected chi connectivity index (χ3v) is 4.65. The van der Waals surface area contributed by atoms with Crippen LogP contribution in [0.4, 0.5) is 0 Å². The number of nitrogens with two attached hydrogens (primary N) is 1. The number of aliphatic carboxylic acids is 2. The zero-order chi connectivity index (χ0) is 14.1. The van der Waals surface area contributed by atoms with Crippen LogP contribution in [0, 0.1) is 0 Å². The van der Waals surface area contributed by atoms with Crippen LogP contribution in [0.15, 0.2) is 0 Å². The van der Waals surface area contributed by atoms with Gasteiger partial charge in [-0.15, -0.1) is 0 Å². The van der Waals surface area contributed by atoms with E-state index < -0.39 is 39.0 Å². The van der Waals surface area contributed by atoms with Crippen molar-refractivity contribution in [3.8, 4) is 0 Å². The van der Waals surface area contributed by atoms with Crippen LogP contribution >= 0.6 is 0 Å². The molecule has 9 heteroatoms. The van der Waals surface area contributed by atoms with Crippen LogP contribution in [0.2, 0.25) is 5.32 Å². The molecule has 0 aliphatic heterocycles. The second-order valence-corrected chi connectivity index (χ2v) is 6.25. The van der Waals surface area contributed by atoms with E-state index >= 15 is 0 Å². The van der Waals surface area contributed by atoms with Crippen molar-refractivity contribution in [3.05, 3.63) is 0 Å². The summed E-state index contributed by atoms with van der Waals surface area (Å²) < 4.78 is -0.203. The second kappa shape index (κ2) is 9.49. The number of rotatable bonds is 10. The standard InChI is InChI=1S/C9H16N2O5Se2/c10-5(1-2-7(12)13)9(16)18-4-11-6(3-17)8(14)15/h5-6,11,17H,1-4,10H2,(H,12,13)(H,14,15)/t5-,6-/m0/s1. The predicted molar refractivity (Wildman–Crippen MR) is 67.0 cm³/mol. The van der Waals surface area contributed by atoms with Crippen molar-refractivity contribution in [2.75, 3.05) is 5.44 Å². The van der Waals surface area contributed by atoms with Crippen molar-refractivity contribution in [3.63, 3.8) is 0 Å². The molecule has 0 aromatic carbocycles. The summed E-state index contributed by atoms with van der Waals surface area (Å²) in [6.07, 6.45) is -0.0243. The molecule has 7 nitrogen and oxygen atoms in total. The molecule has 0 bridgehead atoms. The Morgan fingerprint density at radius 2 is 1.94 bits per heavy atom. The van der Waals surface area contributed by atoms with Gasteiger partial charge in [-0.2, -0.15) is 0 Å². The SMILES string of the molecule is N[C@@H](CCC(=O)O)C(=O)[Se]CN[C@@H](C[SeH])C(=O)O. The molecule has 104 valence electrons. The van der Waals surface area contributed by atoms with Gasteiger partial charge in [0.05, 0.1) is 0 Å². The van der Waals surface area contributed by atoms with Crippen molar-refractivity contribution in [2.24, 2.45) is 5.73 Å². The molecular formula is C9H16N2O5Se2. The van der Waals surface area contributed by atoms with Crippen LogP contribution < -0.4 is 11.1 Å². The molecule has 0 aromatic heterocycles. The molecule has 0 saturated carbocycles. The maximum atomic E-state index is 11.5. The number of carbonyl (C=O) groups excluding carboxylic acids is 1. The van der Waals surface area contributed by atoms with Gasteiger partial charge in [-0.25, -0.2) is 0 Å². The molecule has 0 aromatic rings.